The first kappa shape index (κ1) is 19.6. The van der Waals surface area contributed by atoms with Crippen LogP contribution in [0.25, 0.3) is 6.08 Å². The molecule has 0 radical (unpaired) electrons. The lowest BCUT2D eigenvalue weighted by molar-refractivity contribution is -0.126. The van der Waals surface area contributed by atoms with Gasteiger partial charge < -0.3 is 10.1 Å². The smallest absolute Gasteiger partial charge is 0.266 e. The van der Waals surface area contributed by atoms with Crippen molar-refractivity contribution in [2.24, 2.45) is 0 Å². The minimum absolute atomic E-state index is 0.154. The summed E-state index contributed by atoms with van der Waals surface area (Å²) in [6.07, 6.45) is 1.77. The molecule has 0 spiro atoms. The number of hydrogen-bond acceptors (Lipinski definition) is 5. The SMILES string of the molecule is COc1ccccc1NC(=O)CN1C(=O)C(=Cc2cccc(Br)c2)SC1=S. The zero-order chi connectivity index (χ0) is 19.4. The summed E-state index contributed by atoms with van der Waals surface area (Å²) in [4.78, 5) is 26.8. The molecule has 1 fully saturated rings. The lowest BCUT2D eigenvalue weighted by Crippen LogP contribution is -2.36. The number of methoxy groups -OCH3 is 1. The molecule has 138 valence electrons. The molecule has 27 heavy (non-hydrogen) atoms. The van der Waals surface area contributed by atoms with E-state index in [1.54, 1.807) is 24.3 Å². The van der Waals surface area contributed by atoms with Crippen LogP contribution in [0.2, 0.25) is 0 Å². The summed E-state index contributed by atoms with van der Waals surface area (Å²) in [6.45, 7) is -0.154. The van der Waals surface area contributed by atoms with Crippen LogP contribution >= 0.6 is 39.9 Å². The Morgan fingerprint density at radius 3 is 2.81 bits per heavy atom. The molecule has 8 heteroatoms. The molecular formula is C19H15BrN2O3S2. The highest BCUT2D eigenvalue weighted by atomic mass is 79.9. The number of anilines is 1. The van der Waals surface area contributed by atoms with Gasteiger partial charge in [-0.2, -0.15) is 0 Å². The standard InChI is InChI=1S/C19H15BrN2O3S2/c1-25-15-8-3-2-7-14(15)21-17(23)11-22-18(24)16(27-19(22)26)10-12-5-4-6-13(20)9-12/h2-10H,11H2,1H3,(H,21,23). The van der Waals surface area contributed by atoms with Crippen molar-refractivity contribution in [3.63, 3.8) is 0 Å². The van der Waals surface area contributed by atoms with Gasteiger partial charge in [0.25, 0.3) is 5.91 Å². The molecule has 1 saturated heterocycles. The van der Waals surface area contributed by atoms with Gasteiger partial charge in [-0.25, -0.2) is 0 Å². The van der Waals surface area contributed by atoms with E-state index in [9.17, 15) is 9.59 Å². The maximum Gasteiger partial charge on any atom is 0.266 e. The maximum absolute atomic E-state index is 12.6. The predicted octanol–water partition coefficient (Wildman–Crippen LogP) is 4.30. The molecule has 2 aromatic carbocycles. The number of carbonyl (C=O) groups is 2. The predicted molar refractivity (Wildman–Crippen MR) is 116 cm³/mol. The molecular weight excluding hydrogens is 448 g/mol. The molecule has 1 heterocycles. The van der Waals surface area contributed by atoms with Gasteiger partial charge in [-0.1, -0.05) is 64.2 Å². The van der Waals surface area contributed by atoms with Crippen molar-refractivity contribution in [1.82, 2.24) is 4.90 Å². The van der Waals surface area contributed by atoms with Gasteiger partial charge in [-0.15, -0.1) is 0 Å². The Labute approximate surface area is 174 Å². The Morgan fingerprint density at radius 1 is 1.30 bits per heavy atom. The Balaban J connectivity index is 1.71. The summed E-state index contributed by atoms with van der Waals surface area (Å²) in [5.74, 6) is -0.0783. The summed E-state index contributed by atoms with van der Waals surface area (Å²) in [5.41, 5.74) is 1.42. The van der Waals surface area contributed by atoms with Crippen molar-refractivity contribution in [2.45, 2.75) is 0 Å². The third-order valence-corrected chi connectivity index (χ3v) is 5.57. The molecule has 3 rings (SSSR count). The van der Waals surface area contributed by atoms with Crippen molar-refractivity contribution in [1.29, 1.82) is 0 Å². The van der Waals surface area contributed by atoms with Crippen LogP contribution < -0.4 is 10.1 Å². The number of nitrogens with one attached hydrogen (secondary N) is 1. The van der Waals surface area contributed by atoms with Crippen LogP contribution in [-0.4, -0.2) is 34.7 Å². The number of halogens is 1. The van der Waals surface area contributed by atoms with E-state index < -0.39 is 0 Å². The molecule has 0 bridgehead atoms. The van der Waals surface area contributed by atoms with Crippen molar-refractivity contribution < 1.29 is 14.3 Å². The van der Waals surface area contributed by atoms with Gasteiger partial charge >= 0.3 is 0 Å². The van der Waals surface area contributed by atoms with Crippen molar-refractivity contribution in [3.05, 3.63) is 63.5 Å². The highest BCUT2D eigenvalue weighted by molar-refractivity contribution is 9.10. The molecule has 0 saturated carbocycles. The van der Waals surface area contributed by atoms with E-state index in [1.807, 2.05) is 30.3 Å². The van der Waals surface area contributed by atoms with Gasteiger partial charge in [-0.05, 0) is 35.9 Å². The van der Waals surface area contributed by atoms with Crippen molar-refractivity contribution >= 4 is 67.8 Å². The fraction of sp³-hybridized carbons (Fsp3) is 0.105. The highest BCUT2D eigenvalue weighted by Gasteiger charge is 2.33. The zero-order valence-electron chi connectivity index (χ0n) is 14.3. The topological polar surface area (TPSA) is 58.6 Å². The lowest BCUT2D eigenvalue weighted by Gasteiger charge is -2.15. The monoisotopic (exact) mass is 462 g/mol. The second kappa shape index (κ2) is 8.69. The molecule has 0 unspecified atom stereocenters. The summed E-state index contributed by atoms with van der Waals surface area (Å²) >= 11 is 9.87. The minimum Gasteiger partial charge on any atom is -0.495 e. The second-order valence-corrected chi connectivity index (χ2v) is 8.16. The third-order valence-electron chi connectivity index (χ3n) is 3.70. The third kappa shape index (κ3) is 4.77. The highest BCUT2D eigenvalue weighted by Crippen LogP contribution is 2.33. The molecule has 0 aromatic heterocycles. The van der Waals surface area contributed by atoms with Gasteiger partial charge in [0, 0.05) is 4.47 Å². The number of ether oxygens (including phenoxy) is 1. The molecule has 5 nitrogen and oxygen atoms in total. The molecule has 0 atom stereocenters. The van der Waals surface area contributed by atoms with Gasteiger partial charge in [-0.3, -0.25) is 14.5 Å². The summed E-state index contributed by atoms with van der Waals surface area (Å²) in [5, 5.41) is 2.75. The van der Waals surface area contributed by atoms with Crippen LogP contribution in [0.1, 0.15) is 5.56 Å². The van der Waals surface area contributed by atoms with Gasteiger partial charge in [0.2, 0.25) is 5.91 Å². The van der Waals surface area contributed by atoms with E-state index in [0.717, 1.165) is 10.0 Å². The fourth-order valence-electron chi connectivity index (χ4n) is 2.47. The largest absolute Gasteiger partial charge is 0.495 e. The summed E-state index contributed by atoms with van der Waals surface area (Å²) in [7, 11) is 1.53. The van der Waals surface area contributed by atoms with Crippen LogP contribution in [0.3, 0.4) is 0 Å². The quantitative estimate of drug-likeness (QED) is 0.530. The molecule has 1 aliphatic heterocycles. The normalized spacial score (nSPS) is 15.3. The number of rotatable bonds is 5. The molecule has 2 amide bonds. The first-order valence-corrected chi connectivity index (χ1v) is 9.93. The number of thiocarbonyl (C=S) groups is 1. The van der Waals surface area contributed by atoms with Crippen LogP contribution in [0, 0.1) is 0 Å². The Bertz CT molecular complexity index is 946. The van der Waals surface area contributed by atoms with E-state index in [4.69, 9.17) is 17.0 Å². The molecule has 2 aromatic rings. The Morgan fingerprint density at radius 2 is 2.07 bits per heavy atom. The van der Waals surface area contributed by atoms with Gasteiger partial charge in [0.15, 0.2) is 0 Å². The molecule has 0 aliphatic carbocycles. The summed E-state index contributed by atoms with van der Waals surface area (Å²) < 4.78 is 6.49. The van der Waals surface area contributed by atoms with Crippen LogP contribution in [0.4, 0.5) is 5.69 Å². The average Bonchev–Trinajstić information content (AvgIpc) is 2.89. The molecule has 1 N–H and O–H groups in total. The van der Waals surface area contributed by atoms with Gasteiger partial charge in [0.1, 0.15) is 16.6 Å². The van der Waals surface area contributed by atoms with E-state index in [2.05, 4.69) is 21.2 Å². The van der Waals surface area contributed by atoms with E-state index in [0.29, 0.717) is 20.7 Å². The van der Waals surface area contributed by atoms with Crippen LogP contribution in [0.5, 0.6) is 5.75 Å². The number of carbonyl (C=O) groups excluding carboxylic acids is 2. The zero-order valence-corrected chi connectivity index (χ0v) is 17.5. The number of nitrogens with zero attached hydrogens (tertiary/aromatic N) is 1. The van der Waals surface area contributed by atoms with Crippen LogP contribution in [0.15, 0.2) is 57.9 Å². The average molecular weight is 463 g/mol. The number of hydrogen-bond donors (Lipinski definition) is 1. The van der Waals surface area contributed by atoms with E-state index in [-0.39, 0.29) is 18.4 Å². The molecule has 1 aliphatic rings. The van der Waals surface area contributed by atoms with Crippen LogP contribution in [-0.2, 0) is 9.59 Å². The fourth-order valence-corrected chi connectivity index (χ4v) is 4.14. The van der Waals surface area contributed by atoms with Crippen molar-refractivity contribution in [3.8, 4) is 5.75 Å². The first-order valence-electron chi connectivity index (χ1n) is 7.92. The number of para-hydroxylation sites is 2. The van der Waals surface area contributed by atoms with E-state index in [1.165, 1.54) is 23.8 Å². The lowest BCUT2D eigenvalue weighted by atomic mass is 10.2. The maximum atomic E-state index is 12.6. The number of thioether (sulfide) groups is 1. The second-order valence-electron chi connectivity index (χ2n) is 5.57. The summed E-state index contributed by atoms with van der Waals surface area (Å²) in [6, 6.07) is 14.7. The number of amides is 2. The van der Waals surface area contributed by atoms with E-state index >= 15 is 0 Å². The minimum atomic E-state index is -0.348. The first-order chi connectivity index (χ1) is 13.0. The van der Waals surface area contributed by atoms with Crippen molar-refractivity contribution in [2.75, 3.05) is 19.0 Å². The van der Waals surface area contributed by atoms with Gasteiger partial charge in [0.05, 0.1) is 17.7 Å². The Kier molecular flexibility index (Phi) is 6.30. The number of benzene rings is 2. The Hall–Kier alpha value is -2.16.